The summed E-state index contributed by atoms with van der Waals surface area (Å²) in [6.45, 7) is -0.817. The highest BCUT2D eigenvalue weighted by Gasteiger charge is 2.37. The Morgan fingerprint density at radius 3 is 2.33 bits per heavy atom. The summed E-state index contributed by atoms with van der Waals surface area (Å²) in [5, 5.41) is 71.0. The van der Waals surface area contributed by atoms with Crippen LogP contribution in [0.4, 0.5) is 0 Å². The zero-order chi connectivity index (χ0) is 19.6. The molecule has 1 aromatic heterocycles. The van der Waals surface area contributed by atoms with Crippen molar-refractivity contribution in [1.82, 2.24) is 14.9 Å². The molecule has 5 atom stereocenters. The molecule has 1 aromatic carbocycles. The number of aliphatic hydroxyl groups excluding tert-OH is 6. The quantitative estimate of drug-likeness (QED) is 0.314. The van der Waals surface area contributed by atoms with E-state index in [9.17, 15) is 25.5 Å². The van der Waals surface area contributed by atoms with Crippen molar-refractivity contribution < 1.29 is 30.6 Å². The van der Waals surface area contributed by atoms with Crippen LogP contribution in [0.15, 0.2) is 40.6 Å². The Kier molecular flexibility index (Phi) is 6.22. The van der Waals surface area contributed by atoms with Gasteiger partial charge in [0, 0.05) is 5.75 Å². The molecule has 0 fully saturated rings. The molecule has 0 saturated heterocycles. The summed E-state index contributed by atoms with van der Waals surface area (Å²) in [4.78, 5) is 0. The summed E-state index contributed by atoms with van der Waals surface area (Å²) in [7, 11) is 0. The van der Waals surface area contributed by atoms with Crippen LogP contribution in [0.5, 0.6) is 0 Å². The van der Waals surface area contributed by atoms with Crippen LogP contribution < -0.4 is 0 Å². The molecule has 0 aliphatic carbocycles. The number of rotatable bonds is 7. The summed E-state index contributed by atoms with van der Waals surface area (Å²) in [6.07, 6.45) is -9.09. The molecule has 0 saturated carbocycles. The number of hydrogen-bond acceptors (Lipinski definition) is 10. The van der Waals surface area contributed by atoms with Gasteiger partial charge in [-0.05, 0) is 5.56 Å². The molecule has 27 heavy (non-hydrogen) atoms. The molecule has 1 aliphatic heterocycles. The lowest BCUT2D eigenvalue weighted by Gasteiger charge is -2.28. The molecule has 11 heteroatoms. The van der Waals surface area contributed by atoms with Gasteiger partial charge in [0.2, 0.25) is 5.16 Å². The number of aromatic nitrogens is 3. The maximum absolute atomic E-state index is 10.4. The molecule has 0 spiro atoms. The molecule has 0 bridgehead atoms. The normalized spacial score (nSPS) is 19.6. The van der Waals surface area contributed by atoms with E-state index in [-0.39, 0.29) is 5.82 Å². The smallest absolute Gasteiger partial charge is 0.212 e. The molecule has 10 nitrogen and oxygen atoms in total. The predicted octanol–water partition coefficient (Wildman–Crippen LogP) is -1.89. The van der Waals surface area contributed by atoms with E-state index >= 15 is 0 Å². The molecular formula is C16H20N4O6S. The van der Waals surface area contributed by atoms with Gasteiger partial charge in [0.15, 0.2) is 5.82 Å². The first-order chi connectivity index (χ1) is 12.9. The van der Waals surface area contributed by atoms with Crippen LogP contribution in [0.3, 0.4) is 0 Å². The monoisotopic (exact) mass is 396 g/mol. The SMILES string of the molecule is OC[C@@H](O)[C@@H](O)[C@H](O)[C@@H](O)[C@H](O)c1nnc2n1N=C(c1ccccc1)CS2. The van der Waals surface area contributed by atoms with Crippen molar-refractivity contribution in [2.45, 2.75) is 35.7 Å². The van der Waals surface area contributed by atoms with Gasteiger partial charge < -0.3 is 30.6 Å². The molecule has 2 heterocycles. The summed E-state index contributed by atoms with van der Waals surface area (Å²) < 4.78 is 1.27. The highest BCUT2D eigenvalue weighted by Crippen LogP contribution is 2.28. The van der Waals surface area contributed by atoms with Crippen molar-refractivity contribution in [3.63, 3.8) is 0 Å². The molecule has 2 aromatic rings. The minimum Gasteiger partial charge on any atom is -0.394 e. The van der Waals surface area contributed by atoms with Crippen LogP contribution in [0, 0.1) is 0 Å². The Labute approximate surface area is 158 Å². The van der Waals surface area contributed by atoms with Crippen LogP contribution in [-0.4, -0.2) is 88.0 Å². The third-order valence-electron chi connectivity index (χ3n) is 4.17. The fourth-order valence-corrected chi connectivity index (χ4v) is 3.42. The third kappa shape index (κ3) is 4.04. The minimum absolute atomic E-state index is 0.122. The number of thioether (sulfide) groups is 1. The fraction of sp³-hybridized carbons (Fsp3) is 0.438. The topological polar surface area (TPSA) is 164 Å². The zero-order valence-corrected chi connectivity index (χ0v) is 14.9. The lowest BCUT2D eigenvalue weighted by atomic mass is 9.99. The van der Waals surface area contributed by atoms with Gasteiger partial charge in [0.05, 0.1) is 12.3 Å². The highest BCUT2D eigenvalue weighted by molar-refractivity contribution is 7.99. The summed E-state index contributed by atoms with van der Waals surface area (Å²) in [5.74, 6) is 0.424. The zero-order valence-electron chi connectivity index (χ0n) is 14.1. The third-order valence-corrected chi connectivity index (χ3v) is 5.10. The maximum Gasteiger partial charge on any atom is 0.212 e. The van der Waals surface area contributed by atoms with E-state index < -0.39 is 37.1 Å². The second-order valence-corrected chi connectivity index (χ2v) is 6.96. The lowest BCUT2D eigenvalue weighted by molar-refractivity contribution is -0.142. The lowest BCUT2D eigenvalue weighted by Crippen LogP contribution is -2.48. The highest BCUT2D eigenvalue weighted by atomic mass is 32.2. The fourth-order valence-electron chi connectivity index (χ4n) is 2.58. The van der Waals surface area contributed by atoms with E-state index in [1.54, 1.807) is 0 Å². The number of nitrogens with zero attached hydrogens (tertiary/aromatic N) is 4. The first-order valence-electron chi connectivity index (χ1n) is 8.16. The van der Waals surface area contributed by atoms with Crippen molar-refractivity contribution >= 4 is 17.5 Å². The van der Waals surface area contributed by atoms with Gasteiger partial charge >= 0.3 is 0 Å². The Morgan fingerprint density at radius 1 is 0.963 bits per heavy atom. The van der Waals surface area contributed by atoms with Crippen LogP contribution in [0.25, 0.3) is 0 Å². The summed E-state index contributed by atoms with van der Waals surface area (Å²) in [5.41, 5.74) is 1.60. The van der Waals surface area contributed by atoms with Gasteiger partial charge in [-0.3, -0.25) is 0 Å². The first-order valence-corrected chi connectivity index (χ1v) is 9.15. The van der Waals surface area contributed by atoms with Crippen molar-refractivity contribution in [2.75, 3.05) is 12.4 Å². The van der Waals surface area contributed by atoms with Crippen LogP contribution in [-0.2, 0) is 0 Å². The Hall–Kier alpha value is -1.86. The second kappa shape index (κ2) is 8.44. The number of hydrogen-bond donors (Lipinski definition) is 6. The second-order valence-electron chi connectivity index (χ2n) is 6.02. The number of benzene rings is 1. The summed E-state index contributed by atoms with van der Waals surface area (Å²) >= 11 is 1.35. The molecule has 0 amide bonds. The number of aliphatic hydroxyl groups is 6. The first kappa shape index (κ1) is 19.9. The van der Waals surface area contributed by atoms with E-state index in [1.165, 1.54) is 16.4 Å². The molecular weight excluding hydrogens is 376 g/mol. The van der Waals surface area contributed by atoms with E-state index in [1.807, 2.05) is 30.3 Å². The molecule has 3 rings (SSSR count). The van der Waals surface area contributed by atoms with E-state index in [2.05, 4.69) is 15.3 Å². The van der Waals surface area contributed by atoms with Gasteiger partial charge in [-0.1, -0.05) is 42.1 Å². The van der Waals surface area contributed by atoms with Gasteiger partial charge in [-0.15, -0.1) is 10.2 Å². The van der Waals surface area contributed by atoms with Crippen molar-refractivity contribution in [1.29, 1.82) is 0 Å². The van der Waals surface area contributed by atoms with E-state index in [4.69, 9.17) is 5.11 Å². The largest absolute Gasteiger partial charge is 0.394 e. The van der Waals surface area contributed by atoms with Gasteiger partial charge in [-0.2, -0.15) is 9.78 Å². The standard InChI is InChI=1S/C16H20N4O6S/c21-6-10(22)11(23)12(24)13(25)14(26)15-17-18-16-20(15)19-9(7-27-16)8-4-2-1-3-5-8/h1-5,10-14,21-26H,6-7H2/t10-,11-,12+,13-,14+/m1/s1. The molecule has 0 radical (unpaired) electrons. The van der Waals surface area contributed by atoms with Crippen LogP contribution >= 0.6 is 11.8 Å². The molecule has 146 valence electrons. The van der Waals surface area contributed by atoms with E-state index in [0.29, 0.717) is 16.6 Å². The van der Waals surface area contributed by atoms with Gasteiger partial charge in [-0.25, -0.2) is 0 Å². The average molecular weight is 396 g/mol. The maximum atomic E-state index is 10.4. The average Bonchev–Trinajstić information content (AvgIpc) is 3.14. The van der Waals surface area contributed by atoms with Crippen molar-refractivity contribution in [3.8, 4) is 0 Å². The Morgan fingerprint density at radius 2 is 1.67 bits per heavy atom. The minimum atomic E-state index is -1.93. The van der Waals surface area contributed by atoms with Gasteiger partial charge in [0.25, 0.3) is 0 Å². The Bertz CT molecular complexity index is 801. The predicted molar refractivity (Wildman–Crippen MR) is 95.2 cm³/mol. The Balaban J connectivity index is 1.85. The summed E-state index contributed by atoms with van der Waals surface area (Å²) in [6, 6.07) is 9.39. The van der Waals surface area contributed by atoms with Crippen LogP contribution in [0.1, 0.15) is 17.5 Å². The van der Waals surface area contributed by atoms with Crippen molar-refractivity contribution in [3.05, 3.63) is 41.7 Å². The molecule has 0 unspecified atom stereocenters. The van der Waals surface area contributed by atoms with Crippen molar-refractivity contribution in [2.24, 2.45) is 5.10 Å². The molecule has 1 aliphatic rings. The number of fused-ring (bicyclic) bond motifs is 1. The van der Waals surface area contributed by atoms with Gasteiger partial charge in [0.1, 0.15) is 30.5 Å². The van der Waals surface area contributed by atoms with E-state index in [0.717, 1.165) is 5.56 Å². The van der Waals surface area contributed by atoms with Crippen LogP contribution in [0.2, 0.25) is 0 Å². The molecule has 6 N–H and O–H groups in total.